The zero-order chi connectivity index (χ0) is 20.3. The third-order valence-electron chi connectivity index (χ3n) is 4.46. The molecular weight excluding hydrogens is 366 g/mol. The Morgan fingerprint density at radius 3 is 2.55 bits per heavy atom. The number of hydrogen-bond donors (Lipinski definition) is 1. The molecule has 6 heteroatoms. The first-order valence-corrected chi connectivity index (χ1v) is 10.1. The van der Waals surface area contributed by atoms with E-state index in [1.54, 1.807) is 0 Å². The third-order valence-corrected chi connectivity index (χ3v) is 4.46. The predicted octanol–water partition coefficient (Wildman–Crippen LogP) is 3.89. The van der Waals surface area contributed by atoms with Crippen LogP contribution in [0.2, 0.25) is 0 Å². The molecule has 1 aromatic heterocycles. The third kappa shape index (κ3) is 7.07. The van der Waals surface area contributed by atoms with Crippen molar-refractivity contribution in [1.82, 2.24) is 15.5 Å². The minimum absolute atomic E-state index is 0.0111. The van der Waals surface area contributed by atoms with Gasteiger partial charge in [0.15, 0.2) is 5.82 Å². The van der Waals surface area contributed by atoms with Gasteiger partial charge < -0.3 is 14.6 Å². The maximum absolute atomic E-state index is 12.0. The second kappa shape index (κ2) is 11.0. The van der Waals surface area contributed by atoms with E-state index in [-0.39, 0.29) is 5.91 Å². The molecule has 1 N–H and O–H groups in total. The number of aromatic nitrogens is 2. The molecule has 0 radical (unpaired) electrons. The van der Waals surface area contributed by atoms with Gasteiger partial charge in [-0.1, -0.05) is 54.5 Å². The van der Waals surface area contributed by atoms with Crippen molar-refractivity contribution in [3.05, 3.63) is 77.4 Å². The largest absolute Gasteiger partial charge is 0.489 e. The fourth-order valence-electron chi connectivity index (χ4n) is 2.87. The summed E-state index contributed by atoms with van der Waals surface area (Å²) in [5.41, 5.74) is 2.29. The monoisotopic (exact) mass is 393 g/mol. The van der Waals surface area contributed by atoms with Crippen LogP contribution in [0.3, 0.4) is 0 Å². The minimum Gasteiger partial charge on any atom is -0.489 e. The molecule has 152 valence electrons. The van der Waals surface area contributed by atoms with E-state index in [9.17, 15) is 4.79 Å². The standard InChI is InChI=1S/C23H27N3O3/c1-2-6-21-25-23(29-26-21)14-13-22(27)24-16-15-18-9-11-20(12-10-18)28-17-19-7-4-3-5-8-19/h3-5,7-12H,2,6,13-17H2,1H3,(H,24,27). The quantitative estimate of drug-likeness (QED) is 0.535. The van der Waals surface area contributed by atoms with Gasteiger partial charge in [0.25, 0.3) is 0 Å². The van der Waals surface area contributed by atoms with E-state index < -0.39 is 0 Å². The summed E-state index contributed by atoms with van der Waals surface area (Å²) in [5, 5.41) is 6.83. The Balaban J connectivity index is 1.33. The average Bonchev–Trinajstić information content (AvgIpc) is 3.20. The zero-order valence-electron chi connectivity index (χ0n) is 16.8. The van der Waals surface area contributed by atoms with Crippen LogP contribution < -0.4 is 10.1 Å². The molecule has 1 amide bonds. The van der Waals surface area contributed by atoms with Crippen molar-refractivity contribution in [2.75, 3.05) is 6.54 Å². The molecule has 0 saturated heterocycles. The summed E-state index contributed by atoms with van der Waals surface area (Å²) < 4.78 is 10.9. The molecule has 0 saturated carbocycles. The number of rotatable bonds is 11. The second-order valence-corrected chi connectivity index (χ2v) is 6.87. The molecule has 0 unspecified atom stereocenters. The van der Waals surface area contributed by atoms with Crippen LogP contribution in [0.5, 0.6) is 5.75 Å². The lowest BCUT2D eigenvalue weighted by Crippen LogP contribution is -2.25. The summed E-state index contributed by atoms with van der Waals surface area (Å²) in [5.74, 6) is 2.06. The van der Waals surface area contributed by atoms with Crippen molar-refractivity contribution in [3.8, 4) is 5.75 Å². The van der Waals surface area contributed by atoms with Crippen molar-refractivity contribution in [3.63, 3.8) is 0 Å². The van der Waals surface area contributed by atoms with Gasteiger partial charge in [0.1, 0.15) is 12.4 Å². The lowest BCUT2D eigenvalue weighted by molar-refractivity contribution is -0.121. The van der Waals surface area contributed by atoms with Crippen molar-refractivity contribution in [1.29, 1.82) is 0 Å². The molecule has 3 aromatic rings. The highest BCUT2D eigenvalue weighted by atomic mass is 16.5. The summed E-state index contributed by atoms with van der Waals surface area (Å²) in [7, 11) is 0. The maximum Gasteiger partial charge on any atom is 0.227 e. The van der Waals surface area contributed by atoms with Gasteiger partial charge in [-0.3, -0.25) is 4.79 Å². The molecule has 0 atom stereocenters. The van der Waals surface area contributed by atoms with E-state index in [0.29, 0.717) is 37.7 Å². The van der Waals surface area contributed by atoms with Gasteiger partial charge in [-0.25, -0.2) is 0 Å². The number of amides is 1. The first kappa shape index (κ1) is 20.6. The zero-order valence-corrected chi connectivity index (χ0v) is 16.8. The van der Waals surface area contributed by atoms with Gasteiger partial charge >= 0.3 is 0 Å². The van der Waals surface area contributed by atoms with Gasteiger partial charge in [-0.2, -0.15) is 4.98 Å². The number of nitrogens with zero attached hydrogens (tertiary/aromatic N) is 2. The predicted molar refractivity (Wildman–Crippen MR) is 111 cm³/mol. The molecule has 2 aromatic carbocycles. The number of ether oxygens (including phenoxy) is 1. The van der Waals surface area contributed by atoms with E-state index in [1.807, 2.05) is 54.6 Å². The topological polar surface area (TPSA) is 77.2 Å². The van der Waals surface area contributed by atoms with Crippen molar-refractivity contribution in [2.24, 2.45) is 0 Å². The smallest absolute Gasteiger partial charge is 0.227 e. The molecule has 0 spiro atoms. The molecule has 0 aliphatic carbocycles. The van der Waals surface area contributed by atoms with Crippen LogP contribution in [0, 0.1) is 0 Å². The Morgan fingerprint density at radius 2 is 1.79 bits per heavy atom. The van der Waals surface area contributed by atoms with Crippen LogP contribution >= 0.6 is 0 Å². The number of benzene rings is 2. The number of carbonyl (C=O) groups excluding carboxylic acids is 1. The summed E-state index contributed by atoms with van der Waals surface area (Å²) in [4.78, 5) is 16.3. The van der Waals surface area contributed by atoms with Gasteiger partial charge in [-0.15, -0.1) is 0 Å². The van der Waals surface area contributed by atoms with Crippen molar-refractivity contribution < 1.29 is 14.1 Å². The molecule has 0 bridgehead atoms. The summed E-state index contributed by atoms with van der Waals surface area (Å²) >= 11 is 0. The van der Waals surface area contributed by atoms with Crippen molar-refractivity contribution >= 4 is 5.91 Å². The van der Waals surface area contributed by atoms with Gasteiger partial charge in [0, 0.05) is 25.8 Å². The van der Waals surface area contributed by atoms with E-state index in [0.717, 1.165) is 36.1 Å². The van der Waals surface area contributed by atoms with Crippen molar-refractivity contribution in [2.45, 2.75) is 45.6 Å². The van der Waals surface area contributed by atoms with E-state index in [4.69, 9.17) is 9.26 Å². The molecule has 0 aliphatic rings. The molecule has 1 heterocycles. The lowest BCUT2D eigenvalue weighted by atomic mass is 10.1. The van der Waals surface area contributed by atoms with E-state index >= 15 is 0 Å². The van der Waals surface area contributed by atoms with Crippen LogP contribution in [-0.4, -0.2) is 22.6 Å². The Hall–Kier alpha value is -3.15. The van der Waals surface area contributed by atoms with Crippen LogP contribution in [0.25, 0.3) is 0 Å². The Kier molecular flexibility index (Phi) is 7.81. The second-order valence-electron chi connectivity index (χ2n) is 6.87. The highest BCUT2D eigenvalue weighted by Crippen LogP contribution is 2.14. The van der Waals surface area contributed by atoms with Crippen LogP contribution in [-0.2, 0) is 30.7 Å². The molecular formula is C23H27N3O3. The summed E-state index contributed by atoms with van der Waals surface area (Å²) in [6.45, 7) is 3.21. The SMILES string of the molecule is CCCc1noc(CCC(=O)NCCc2ccc(OCc3ccccc3)cc2)n1. The lowest BCUT2D eigenvalue weighted by Gasteiger charge is -2.08. The van der Waals surface area contributed by atoms with Gasteiger partial charge in [-0.05, 0) is 36.1 Å². The van der Waals surface area contributed by atoms with Crippen LogP contribution in [0.4, 0.5) is 0 Å². The van der Waals surface area contributed by atoms with Crippen LogP contribution in [0.1, 0.15) is 42.6 Å². The molecule has 0 aliphatic heterocycles. The molecule has 29 heavy (non-hydrogen) atoms. The number of nitrogens with one attached hydrogen (secondary N) is 1. The van der Waals surface area contributed by atoms with Gasteiger partial charge in [0.2, 0.25) is 11.8 Å². The summed E-state index contributed by atoms with van der Waals surface area (Å²) in [6, 6.07) is 18.1. The first-order chi connectivity index (χ1) is 14.2. The number of carbonyl (C=O) groups is 1. The Morgan fingerprint density at radius 1 is 1.00 bits per heavy atom. The fraction of sp³-hybridized carbons (Fsp3) is 0.348. The number of aryl methyl sites for hydroxylation is 2. The Labute approximate surface area is 171 Å². The number of hydrogen-bond acceptors (Lipinski definition) is 5. The highest BCUT2D eigenvalue weighted by Gasteiger charge is 2.08. The fourth-order valence-corrected chi connectivity index (χ4v) is 2.87. The highest BCUT2D eigenvalue weighted by molar-refractivity contribution is 5.76. The average molecular weight is 393 g/mol. The normalized spacial score (nSPS) is 10.7. The van der Waals surface area contributed by atoms with E-state index in [1.165, 1.54) is 0 Å². The van der Waals surface area contributed by atoms with Gasteiger partial charge in [0.05, 0.1) is 0 Å². The molecule has 6 nitrogen and oxygen atoms in total. The maximum atomic E-state index is 12.0. The Bertz CT molecular complexity index is 876. The van der Waals surface area contributed by atoms with Crippen LogP contribution in [0.15, 0.2) is 59.1 Å². The summed E-state index contributed by atoms with van der Waals surface area (Å²) in [6.07, 6.45) is 3.35. The molecule has 0 fully saturated rings. The molecule has 3 rings (SSSR count). The first-order valence-electron chi connectivity index (χ1n) is 10.1. The van der Waals surface area contributed by atoms with E-state index in [2.05, 4.69) is 22.4 Å². The minimum atomic E-state index is -0.0111.